The minimum absolute atomic E-state index is 0.0796. The maximum absolute atomic E-state index is 14.5. The molecule has 0 bridgehead atoms. The lowest BCUT2D eigenvalue weighted by Crippen LogP contribution is -2.55. The van der Waals surface area contributed by atoms with Crippen molar-refractivity contribution in [3.8, 4) is 0 Å². The van der Waals surface area contributed by atoms with Crippen LogP contribution in [0.1, 0.15) is 197 Å². The van der Waals surface area contributed by atoms with Gasteiger partial charge in [-0.1, -0.05) is 120 Å². The van der Waals surface area contributed by atoms with Crippen LogP contribution in [0.15, 0.2) is 14.4 Å². The van der Waals surface area contributed by atoms with Crippen LogP contribution in [0.2, 0.25) is 18.1 Å². The van der Waals surface area contributed by atoms with Crippen LogP contribution in [-0.2, 0) is 59.5 Å². The fraction of sp³-hybridized carbons (Fsp3) is 0.938. The summed E-state index contributed by atoms with van der Waals surface area (Å²) in [6, 6.07) is 1.32. The first kappa shape index (κ1) is 62.7. The van der Waals surface area contributed by atoms with Gasteiger partial charge in [-0.25, -0.2) is 28.1 Å². The minimum Gasteiger partial charge on any atom is -0.373 e. The Morgan fingerprint density at radius 3 is 0.561 bits per heavy atom. The Labute approximate surface area is 404 Å². The van der Waals surface area contributed by atoms with E-state index in [1.807, 2.05) is 0 Å². The molecule has 0 spiro atoms. The van der Waals surface area contributed by atoms with Gasteiger partial charge in [-0.15, -0.1) is 0 Å². The van der Waals surface area contributed by atoms with E-state index in [0.717, 1.165) is 116 Å². The van der Waals surface area contributed by atoms with Crippen LogP contribution in [0.4, 0.5) is 0 Å². The van der Waals surface area contributed by atoms with Gasteiger partial charge in [-0.3, -0.25) is 0 Å². The SMILES string of the molecule is CCCCO[Si](CCCn1c(=O)n(CCC[Si](OCCCC)(OCCCC)OCCCC)c(=O)n(CCC[Si](OCCCC)(OCCCC)OCCCC)c1=O)(OCCCC)OCCCC. The highest BCUT2D eigenvalue weighted by Gasteiger charge is 2.43. The Morgan fingerprint density at radius 2 is 0.424 bits per heavy atom. The average molecular weight is 995 g/mol. The molecule has 0 unspecified atom stereocenters. The highest BCUT2D eigenvalue weighted by atomic mass is 28.4. The Morgan fingerprint density at radius 1 is 0.273 bits per heavy atom. The molecule has 0 aliphatic carbocycles. The van der Waals surface area contributed by atoms with Crippen molar-refractivity contribution in [2.45, 2.75) is 235 Å². The van der Waals surface area contributed by atoms with Crippen molar-refractivity contribution in [3.05, 3.63) is 31.5 Å². The van der Waals surface area contributed by atoms with Crippen molar-refractivity contribution in [1.29, 1.82) is 0 Å². The smallest absolute Gasteiger partial charge is 0.373 e. The maximum atomic E-state index is 14.5. The van der Waals surface area contributed by atoms with Crippen molar-refractivity contribution in [3.63, 3.8) is 0 Å². The molecule has 0 aliphatic heterocycles. The second-order valence-electron chi connectivity index (χ2n) is 17.5. The summed E-state index contributed by atoms with van der Waals surface area (Å²) in [6.07, 6.45) is 17.8. The molecule has 0 saturated heterocycles. The van der Waals surface area contributed by atoms with Crippen LogP contribution in [0.3, 0.4) is 0 Å². The summed E-state index contributed by atoms with van der Waals surface area (Å²) in [7, 11) is -9.51. The third kappa shape index (κ3) is 25.0. The van der Waals surface area contributed by atoms with Crippen LogP contribution < -0.4 is 17.1 Å². The molecule has 1 heterocycles. The molecule has 18 heteroatoms. The van der Waals surface area contributed by atoms with Gasteiger partial charge in [0.15, 0.2) is 0 Å². The highest BCUT2D eigenvalue weighted by Crippen LogP contribution is 2.24. The summed E-state index contributed by atoms with van der Waals surface area (Å²) in [5.74, 6) is 0. The molecule has 1 rings (SSSR count). The number of aromatic nitrogens is 3. The van der Waals surface area contributed by atoms with Gasteiger partial charge >= 0.3 is 43.5 Å². The average Bonchev–Trinajstić information content (AvgIpc) is 3.30. The molecule has 0 aliphatic rings. The summed E-state index contributed by atoms with van der Waals surface area (Å²) in [5.41, 5.74) is -1.89. The van der Waals surface area contributed by atoms with E-state index in [0.29, 0.717) is 96.9 Å². The van der Waals surface area contributed by atoms with Gasteiger partial charge < -0.3 is 39.8 Å². The van der Waals surface area contributed by atoms with E-state index in [2.05, 4.69) is 62.3 Å². The zero-order valence-electron chi connectivity index (χ0n) is 43.7. The van der Waals surface area contributed by atoms with Crippen LogP contribution in [0, 0.1) is 0 Å². The lowest BCUT2D eigenvalue weighted by molar-refractivity contribution is 0.0549. The van der Waals surface area contributed by atoms with E-state index in [4.69, 9.17) is 39.8 Å². The number of rotatable bonds is 48. The van der Waals surface area contributed by atoms with Crippen molar-refractivity contribution >= 4 is 26.4 Å². The summed E-state index contributed by atoms with van der Waals surface area (Å²) < 4.78 is 62.3. The fourth-order valence-electron chi connectivity index (χ4n) is 6.99. The summed E-state index contributed by atoms with van der Waals surface area (Å²) in [5, 5.41) is 0. The summed E-state index contributed by atoms with van der Waals surface area (Å²) >= 11 is 0. The number of unbranched alkanes of at least 4 members (excludes halogenated alkanes) is 9. The Hall–Kier alpha value is -1.30. The Kier molecular flexibility index (Phi) is 37.5. The Bertz CT molecular complexity index is 1220. The zero-order chi connectivity index (χ0) is 48.8. The normalized spacial score (nSPS) is 12.5. The van der Waals surface area contributed by atoms with E-state index in [1.165, 1.54) is 13.7 Å². The van der Waals surface area contributed by atoms with Crippen molar-refractivity contribution in [2.24, 2.45) is 0 Å². The summed E-state index contributed by atoms with van der Waals surface area (Å²) in [6.45, 7) is 24.0. The molecule has 0 saturated carbocycles. The monoisotopic (exact) mass is 994 g/mol. The van der Waals surface area contributed by atoms with Crippen LogP contribution in [0.25, 0.3) is 0 Å². The molecule has 1 aromatic rings. The summed E-state index contributed by atoms with van der Waals surface area (Å²) in [4.78, 5) is 43.5. The predicted molar refractivity (Wildman–Crippen MR) is 272 cm³/mol. The predicted octanol–water partition coefficient (Wildman–Crippen LogP) is 10.5. The van der Waals surface area contributed by atoms with Crippen molar-refractivity contribution < 1.29 is 39.8 Å². The highest BCUT2D eigenvalue weighted by molar-refractivity contribution is 6.61. The molecular formula is C48H99N3O12Si3. The van der Waals surface area contributed by atoms with Crippen molar-refractivity contribution in [1.82, 2.24) is 13.7 Å². The number of nitrogens with zero attached hydrogens (tertiary/aromatic N) is 3. The molecule has 0 aromatic carbocycles. The van der Waals surface area contributed by atoms with Crippen LogP contribution in [0.5, 0.6) is 0 Å². The molecule has 1 aromatic heterocycles. The standard InChI is InChI=1S/C48H99N3O12Si3/c1-10-19-34-55-64(56-35-20-11-2,57-36-21-12-3)43-28-31-49-46(52)50(32-29-44-65(58-37-22-13-4,59-38-23-14-5)60-39-24-15-6)48(54)51(47(49)53)33-30-45-66(61-40-25-16-7,62-41-26-17-8)63-42-27-18-9/h10-45H2,1-9H3. The van der Waals surface area contributed by atoms with Gasteiger partial charge in [0.2, 0.25) is 0 Å². The largest absolute Gasteiger partial charge is 0.501 e. The molecule has 390 valence electrons. The molecule has 66 heavy (non-hydrogen) atoms. The molecule has 0 radical (unpaired) electrons. The minimum atomic E-state index is -3.17. The molecule has 0 atom stereocenters. The number of hydrogen-bond donors (Lipinski definition) is 0. The van der Waals surface area contributed by atoms with Crippen molar-refractivity contribution in [2.75, 3.05) is 59.5 Å². The third-order valence-electron chi connectivity index (χ3n) is 11.4. The van der Waals surface area contributed by atoms with Crippen LogP contribution >= 0.6 is 0 Å². The molecule has 0 amide bonds. The molecule has 0 fully saturated rings. The quantitative estimate of drug-likeness (QED) is 0.0452. The first-order valence-electron chi connectivity index (χ1n) is 26.8. The van der Waals surface area contributed by atoms with Gasteiger partial charge in [0.05, 0.1) is 0 Å². The lowest BCUT2D eigenvalue weighted by atomic mass is 10.4. The molecule has 15 nitrogen and oxygen atoms in total. The molecular weight excluding hydrogens is 895 g/mol. The molecule has 0 N–H and O–H groups in total. The van der Waals surface area contributed by atoms with Gasteiger partial charge in [0.25, 0.3) is 0 Å². The Balaban J connectivity index is 3.80. The maximum Gasteiger partial charge on any atom is 0.501 e. The fourth-order valence-corrected chi connectivity index (χ4v) is 14.9. The number of hydrogen-bond acceptors (Lipinski definition) is 12. The van der Waals surface area contributed by atoms with E-state index in [1.54, 1.807) is 0 Å². The first-order valence-corrected chi connectivity index (χ1v) is 32.6. The third-order valence-corrected chi connectivity index (χ3v) is 20.1. The van der Waals surface area contributed by atoms with Gasteiger partial charge in [0.1, 0.15) is 0 Å². The van der Waals surface area contributed by atoms with E-state index in [9.17, 15) is 14.4 Å². The van der Waals surface area contributed by atoms with Crippen LogP contribution in [-0.4, -0.2) is 99.6 Å². The zero-order valence-corrected chi connectivity index (χ0v) is 46.7. The topological polar surface area (TPSA) is 149 Å². The van der Waals surface area contributed by atoms with E-state index in [-0.39, 0.29) is 19.6 Å². The van der Waals surface area contributed by atoms with E-state index < -0.39 is 43.5 Å². The van der Waals surface area contributed by atoms with Gasteiger partial charge in [-0.2, -0.15) is 0 Å². The van der Waals surface area contributed by atoms with Gasteiger partial charge in [0, 0.05) is 97.2 Å². The second-order valence-corrected chi connectivity index (χ2v) is 25.7. The lowest BCUT2D eigenvalue weighted by Gasteiger charge is -2.30. The first-order chi connectivity index (χ1) is 32.1. The van der Waals surface area contributed by atoms with Gasteiger partial charge in [-0.05, 0) is 77.0 Å². The van der Waals surface area contributed by atoms with E-state index >= 15 is 0 Å². The second kappa shape index (κ2) is 39.4.